The van der Waals surface area contributed by atoms with Gasteiger partial charge in [0.1, 0.15) is 10.0 Å². The molecule has 0 fully saturated rings. The van der Waals surface area contributed by atoms with Gasteiger partial charge >= 0.3 is 0 Å². The van der Waals surface area contributed by atoms with Crippen LogP contribution in [0, 0.1) is 12.3 Å². The second kappa shape index (κ2) is 4.29. The van der Waals surface area contributed by atoms with Crippen LogP contribution in [0.15, 0.2) is 0 Å². The molecule has 0 aliphatic heterocycles. The first-order valence-corrected chi connectivity index (χ1v) is 4.10. The van der Waals surface area contributed by atoms with Gasteiger partial charge in [-0.2, -0.15) is 0 Å². The third kappa shape index (κ3) is 2.46. The van der Waals surface area contributed by atoms with Gasteiger partial charge in [0.2, 0.25) is 0 Å². The zero-order valence-electron chi connectivity index (χ0n) is 5.67. The summed E-state index contributed by atoms with van der Waals surface area (Å²) in [5, 5.41) is 6.75. The summed E-state index contributed by atoms with van der Waals surface area (Å²) in [6, 6.07) is 0. The van der Waals surface area contributed by atoms with Crippen LogP contribution in [0.2, 0.25) is 4.34 Å². The highest BCUT2D eigenvalue weighted by Crippen LogP contribution is 2.16. The van der Waals surface area contributed by atoms with Crippen molar-refractivity contribution in [3.05, 3.63) is 10.0 Å². The molecule has 11 heavy (non-hydrogen) atoms. The fourth-order valence-electron chi connectivity index (χ4n) is 0.555. The molecule has 0 radical (unpaired) electrons. The highest BCUT2D eigenvalue weighted by Gasteiger charge is 2.02. The van der Waals surface area contributed by atoms with E-state index in [0.29, 0.717) is 17.4 Å². The van der Waals surface area contributed by atoms with Crippen molar-refractivity contribution >= 4 is 23.1 Å². The Kier molecular flexibility index (Phi) is 3.30. The second-order valence-corrected chi connectivity index (χ2v) is 3.16. The van der Waals surface area contributed by atoms with Gasteiger partial charge in [0.15, 0.2) is 0 Å². The SMILES string of the molecule is C#CCNCc1nnsc1Cl. The molecule has 0 aromatic carbocycles. The van der Waals surface area contributed by atoms with Crippen molar-refractivity contribution in [1.82, 2.24) is 14.9 Å². The summed E-state index contributed by atoms with van der Waals surface area (Å²) in [4.78, 5) is 0. The quantitative estimate of drug-likeness (QED) is 0.565. The van der Waals surface area contributed by atoms with Crippen LogP contribution < -0.4 is 5.32 Å². The van der Waals surface area contributed by atoms with Crippen molar-refractivity contribution in [2.75, 3.05) is 6.54 Å². The predicted octanol–water partition coefficient (Wildman–Crippen LogP) is 0.914. The number of terminal acetylenes is 1. The lowest BCUT2D eigenvalue weighted by Gasteiger charge is -1.94. The van der Waals surface area contributed by atoms with E-state index in [0.717, 1.165) is 5.69 Å². The van der Waals surface area contributed by atoms with Gasteiger partial charge in [0.25, 0.3) is 0 Å². The van der Waals surface area contributed by atoms with Gasteiger partial charge in [0, 0.05) is 18.1 Å². The molecule has 1 rings (SSSR count). The summed E-state index contributed by atoms with van der Waals surface area (Å²) < 4.78 is 4.29. The molecule has 1 aromatic rings. The molecule has 5 heteroatoms. The Morgan fingerprint density at radius 1 is 1.73 bits per heavy atom. The number of hydrogen-bond acceptors (Lipinski definition) is 4. The molecule has 0 saturated heterocycles. The molecule has 0 amide bonds. The second-order valence-electron chi connectivity index (χ2n) is 1.80. The maximum atomic E-state index is 5.72. The third-order valence-corrected chi connectivity index (χ3v) is 2.01. The number of nitrogens with one attached hydrogen (secondary N) is 1. The van der Waals surface area contributed by atoms with Gasteiger partial charge in [-0.25, -0.2) is 0 Å². The number of halogens is 1. The molecular formula is C6H6ClN3S. The largest absolute Gasteiger partial charge is 0.300 e. The molecular weight excluding hydrogens is 182 g/mol. The summed E-state index contributed by atoms with van der Waals surface area (Å²) in [7, 11) is 0. The molecule has 0 aliphatic rings. The molecule has 1 aromatic heterocycles. The number of aromatic nitrogens is 2. The Morgan fingerprint density at radius 3 is 3.09 bits per heavy atom. The van der Waals surface area contributed by atoms with E-state index in [1.54, 1.807) is 0 Å². The average molecular weight is 188 g/mol. The number of rotatable bonds is 3. The van der Waals surface area contributed by atoms with E-state index in [-0.39, 0.29) is 0 Å². The standard InChI is InChI=1S/C6H6ClN3S/c1-2-3-8-4-5-6(7)11-10-9-5/h1,8H,3-4H2. The van der Waals surface area contributed by atoms with Crippen LogP contribution in [0.1, 0.15) is 5.69 Å². The highest BCUT2D eigenvalue weighted by atomic mass is 35.5. The monoisotopic (exact) mass is 187 g/mol. The summed E-state index contributed by atoms with van der Waals surface area (Å²) in [5.41, 5.74) is 0.756. The molecule has 0 saturated carbocycles. The van der Waals surface area contributed by atoms with Crippen LogP contribution >= 0.6 is 23.1 Å². The molecule has 0 spiro atoms. The first-order valence-electron chi connectivity index (χ1n) is 2.95. The van der Waals surface area contributed by atoms with Crippen LogP contribution in [-0.4, -0.2) is 16.1 Å². The minimum Gasteiger partial charge on any atom is -0.300 e. The van der Waals surface area contributed by atoms with Gasteiger partial charge in [-0.05, 0) is 0 Å². The van der Waals surface area contributed by atoms with E-state index < -0.39 is 0 Å². The average Bonchev–Trinajstić information content (AvgIpc) is 2.37. The highest BCUT2D eigenvalue weighted by molar-refractivity contribution is 7.10. The third-order valence-electron chi connectivity index (χ3n) is 1.03. The maximum Gasteiger partial charge on any atom is 0.138 e. The Balaban J connectivity index is 2.40. The van der Waals surface area contributed by atoms with Gasteiger partial charge in [0.05, 0.1) is 6.54 Å². The summed E-state index contributed by atoms with van der Waals surface area (Å²) in [6.07, 6.45) is 5.03. The van der Waals surface area contributed by atoms with E-state index in [4.69, 9.17) is 18.0 Å². The molecule has 3 nitrogen and oxygen atoms in total. The van der Waals surface area contributed by atoms with Crippen LogP contribution in [0.25, 0.3) is 0 Å². The Bertz CT molecular complexity index is 265. The maximum absolute atomic E-state index is 5.72. The molecule has 0 atom stereocenters. The minimum absolute atomic E-state index is 0.522. The Labute approximate surface area is 73.9 Å². The smallest absolute Gasteiger partial charge is 0.138 e. The van der Waals surface area contributed by atoms with E-state index in [1.807, 2.05) is 0 Å². The fourth-order valence-corrected chi connectivity index (χ4v) is 1.18. The lowest BCUT2D eigenvalue weighted by Crippen LogP contribution is -2.13. The van der Waals surface area contributed by atoms with Crippen molar-refractivity contribution in [1.29, 1.82) is 0 Å². The minimum atomic E-state index is 0.522. The van der Waals surface area contributed by atoms with Gasteiger partial charge in [-0.1, -0.05) is 22.0 Å². The first-order chi connectivity index (χ1) is 5.34. The molecule has 0 bridgehead atoms. The Morgan fingerprint density at radius 2 is 2.55 bits per heavy atom. The molecule has 0 aliphatic carbocycles. The summed E-state index contributed by atoms with van der Waals surface area (Å²) >= 11 is 6.90. The fraction of sp³-hybridized carbons (Fsp3) is 0.333. The van der Waals surface area contributed by atoms with E-state index in [2.05, 4.69) is 20.8 Å². The van der Waals surface area contributed by atoms with Crippen molar-refractivity contribution in [2.24, 2.45) is 0 Å². The van der Waals surface area contributed by atoms with Crippen molar-refractivity contribution in [3.8, 4) is 12.3 Å². The van der Waals surface area contributed by atoms with Crippen LogP contribution in [0.5, 0.6) is 0 Å². The first kappa shape index (κ1) is 8.47. The van der Waals surface area contributed by atoms with E-state index in [1.165, 1.54) is 11.5 Å². The predicted molar refractivity (Wildman–Crippen MR) is 45.5 cm³/mol. The molecule has 1 heterocycles. The van der Waals surface area contributed by atoms with Gasteiger partial charge in [-0.3, -0.25) is 0 Å². The zero-order chi connectivity index (χ0) is 8.10. The van der Waals surface area contributed by atoms with E-state index >= 15 is 0 Å². The molecule has 58 valence electrons. The summed E-state index contributed by atoms with van der Waals surface area (Å²) in [5.74, 6) is 2.45. The number of hydrogen-bond donors (Lipinski definition) is 1. The summed E-state index contributed by atoms with van der Waals surface area (Å²) in [6.45, 7) is 1.10. The normalized spacial score (nSPS) is 9.45. The zero-order valence-corrected chi connectivity index (χ0v) is 7.24. The lowest BCUT2D eigenvalue weighted by atomic mass is 10.5. The lowest BCUT2D eigenvalue weighted by molar-refractivity contribution is 0.745. The van der Waals surface area contributed by atoms with Crippen LogP contribution in [-0.2, 0) is 6.54 Å². The Hall–Kier alpha value is -0.630. The van der Waals surface area contributed by atoms with E-state index in [9.17, 15) is 0 Å². The van der Waals surface area contributed by atoms with Gasteiger partial charge in [-0.15, -0.1) is 11.5 Å². The molecule has 0 unspecified atom stereocenters. The van der Waals surface area contributed by atoms with Crippen molar-refractivity contribution in [3.63, 3.8) is 0 Å². The van der Waals surface area contributed by atoms with Crippen LogP contribution in [0.4, 0.5) is 0 Å². The topological polar surface area (TPSA) is 37.8 Å². The van der Waals surface area contributed by atoms with Crippen molar-refractivity contribution in [2.45, 2.75) is 6.54 Å². The van der Waals surface area contributed by atoms with Crippen molar-refractivity contribution < 1.29 is 0 Å². The van der Waals surface area contributed by atoms with Gasteiger partial charge < -0.3 is 5.32 Å². The molecule has 1 N–H and O–H groups in total. The van der Waals surface area contributed by atoms with Crippen LogP contribution in [0.3, 0.4) is 0 Å². The number of nitrogens with zero attached hydrogens (tertiary/aromatic N) is 2.